The molecule has 2 heterocycles. The highest BCUT2D eigenvalue weighted by atomic mass is 28.4. The summed E-state index contributed by atoms with van der Waals surface area (Å²) in [7, 11) is -4.43. The van der Waals surface area contributed by atoms with Crippen molar-refractivity contribution >= 4 is 16.6 Å². The lowest BCUT2D eigenvalue weighted by Gasteiger charge is -2.44. The highest BCUT2D eigenvalue weighted by Crippen LogP contribution is 2.45. The Morgan fingerprint density at radius 1 is 1.00 bits per heavy atom. The molecule has 0 amide bonds. The van der Waals surface area contributed by atoms with Crippen LogP contribution in [0.5, 0.6) is 0 Å². The Kier molecular flexibility index (Phi) is 7.20. The minimum atomic E-state index is -2.24. The zero-order valence-electron chi connectivity index (χ0n) is 20.7. The third-order valence-electron chi connectivity index (χ3n) is 7.06. The van der Waals surface area contributed by atoms with Crippen molar-refractivity contribution in [3.05, 3.63) is 45.8 Å². The van der Waals surface area contributed by atoms with Gasteiger partial charge in [0.25, 0.3) is 5.56 Å². The van der Waals surface area contributed by atoms with Crippen LogP contribution in [0.2, 0.25) is 36.3 Å². The quantitative estimate of drug-likeness (QED) is 0.494. The summed E-state index contributed by atoms with van der Waals surface area (Å²) < 4.78 is 21.3. The molecule has 0 spiro atoms. The van der Waals surface area contributed by atoms with Gasteiger partial charge in [-0.25, -0.2) is 4.79 Å². The number of aromatic amines is 1. The van der Waals surface area contributed by atoms with Crippen molar-refractivity contribution in [3.63, 3.8) is 0 Å². The second kappa shape index (κ2) is 8.59. The molecule has 0 aliphatic carbocycles. The van der Waals surface area contributed by atoms with Gasteiger partial charge in [0.2, 0.25) is 0 Å². The normalized spacial score (nSPS) is 25.6. The Balaban J connectivity index is 2.58. The van der Waals surface area contributed by atoms with Crippen molar-refractivity contribution in [2.75, 3.05) is 0 Å². The van der Waals surface area contributed by atoms with Crippen LogP contribution in [0.1, 0.15) is 47.8 Å². The number of ether oxygens (including phenoxy) is 1. The van der Waals surface area contributed by atoms with Crippen LogP contribution >= 0.6 is 0 Å². The fourth-order valence-corrected chi connectivity index (χ4v) is 5.59. The van der Waals surface area contributed by atoms with E-state index in [0.29, 0.717) is 0 Å². The lowest BCUT2D eigenvalue weighted by molar-refractivity contribution is -0.0245. The monoisotopic (exact) mass is 468 g/mol. The van der Waals surface area contributed by atoms with Gasteiger partial charge in [0, 0.05) is 12.3 Å². The number of hydrogen-bond donors (Lipinski definition) is 1. The van der Waals surface area contributed by atoms with E-state index in [4.69, 9.17) is 13.6 Å². The number of hydrogen-bond acceptors (Lipinski definition) is 5. The molecule has 0 saturated carbocycles. The average Bonchev–Trinajstić information content (AvgIpc) is 2.89. The molecule has 0 radical (unpaired) electrons. The Morgan fingerprint density at radius 2 is 1.48 bits per heavy atom. The summed E-state index contributed by atoms with van der Waals surface area (Å²) in [5, 5.41) is -0.0472. The number of nitrogens with one attached hydrogen (secondary N) is 1. The molecule has 1 aromatic rings. The summed E-state index contributed by atoms with van der Waals surface area (Å²) >= 11 is 0. The van der Waals surface area contributed by atoms with Gasteiger partial charge in [-0.2, -0.15) is 0 Å². The summed E-state index contributed by atoms with van der Waals surface area (Å²) in [4.78, 5) is 26.5. The molecule has 1 aromatic heterocycles. The zero-order valence-corrected chi connectivity index (χ0v) is 22.7. The van der Waals surface area contributed by atoms with E-state index in [9.17, 15) is 9.59 Å². The standard InChI is InChI=1S/C22H40N2O5Si2/c1-12-15-17(28-30(8,9)21(2,3)4)18(29-31(10,11)22(5,6)7)19(27-15)24-14-13-16(25)23-20(24)26/h12-15,17-19H,1H2,2-11H3,(H,23,25,26)/t15?,17-,18-,19-/m1/s1. The van der Waals surface area contributed by atoms with Gasteiger partial charge in [0.1, 0.15) is 18.3 Å². The molecule has 0 bridgehead atoms. The maximum absolute atomic E-state index is 12.6. The van der Waals surface area contributed by atoms with Crippen molar-refractivity contribution in [1.29, 1.82) is 0 Å². The fourth-order valence-electron chi connectivity index (χ4n) is 3.00. The van der Waals surface area contributed by atoms with Gasteiger partial charge in [-0.3, -0.25) is 14.3 Å². The summed E-state index contributed by atoms with van der Waals surface area (Å²) in [6.45, 7) is 25.7. The van der Waals surface area contributed by atoms with E-state index in [1.807, 2.05) is 0 Å². The van der Waals surface area contributed by atoms with Gasteiger partial charge in [-0.05, 0) is 36.3 Å². The highest BCUT2D eigenvalue weighted by molar-refractivity contribution is 6.74. The summed E-state index contributed by atoms with van der Waals surface area (Å²) in [6.07, 6.45) is 1.10. The number of rotatable bonds is 6. The topological polar surface area (TPSA) is 82.6 Å². The van der Waals surface area contributed by atoms with Crippen LogP contribution in [0, 0.1) is 0 Å². The minimum Gasteiger partial charge on any atom is -0.408 e. The van der Waals surface area contributed by atoms with Crippen LogP contribution in [0.25, 0.3) is 0 Å². The molecule has 1 N–H and O–H groups in total. The molecular weight excluding hydrogens is 428 g/mol. The number of nitrogens with zero attached hydrogens (tertiary/aromatic N) is 1. The van der Waals surface area contributed by atoms with Crippen LogP contribution < -0.4 is 11.2 Å². The SMILES string of the molecule is C=CC1O[C@@H](n2ccc(=O)[nH]c2=O)[C@H](O[Si](C)(C)C(C)(C)C)[C@@H]1O[Si](C)(C)C(C)(C)C. The van der Waals surface area contributed by atoms with E-state index in [-0.39, 0.29) is 10.1 Å². The number of H-pyrrole nitrogens is 1. The van der Waals surface area contributed by atoms with Crippen molar-refractivity contribution in [2.45, 2.75) is 102 Å². The Morgan fingerprint density at radius 3 is 1.90 bits per heavy atom. The minimum absolute atomic E-state index is 0.00679. The zero-order chi connectivity index (χ0) is 24.0. The molecular formula is C22H40N2O5Si2. The van der Waals surface area contributed by atoms with Crippen LogP contribution in [0.4, 0.5) is 0 Å². The van der Waals surface area contributed by atoms with E-state index in [1.165, 1.54) is 16.8 Å². The second-order valence-corrected chi connectivity index (χ2v) is 20.9. The van der Waals surface area contributed by atoms with E-state index in [1.54, 1.807) is 6.08 Å². The summed E-state index contributed by atoms with van der Waals surface area (Å²) in [5.74, 6) is 0. The lowest BCUT2D eigenvalue weighted by atomic mass is 10.1. The molecule has 1 aliphatic rings. The smallest absolute Gasteiger partial charge is 0.330 e. The molecule has 1 aliphatic heterocycles. The first-order chi connectivity index (χ1) is 13.9. The van der Waals surface area contributed by atoms with Crippen LogP contribution in [0.15, 0.2) is 34.5 Å². The molecule has 1 fully saturated rings. The Bertz CT molecular complexity index is 908. The highest BCUT2D eigenvalue weighted by Gasteiger charge is 2.53. The molecule has 9 heteroatoms. The number of aromatic nitrogens is 2. The lowest BCUT2D eigenvalue weighted by Crippen LogP contribution is -2.53. The molecule has 0 aromatic carbocycles. The Hall–Kier alpha value is -1.27. The first kappa shape index (κ1) is 26.0. The van der Waals surface area contributed by atoms with Crippen LogP contribution in [-0.2, 0) is 13.6 Å². The van der Waals surface area contributed by atoms with Gasteiger partial charge in [0.15, 0.2) is 22.9 Å². The van der Waals surface area contributed by atoms with Crippen LogP contribution in [-0.4, -0.2) is 44.5 Å². The molecule has 7 nitrogen and oxygen atoms in total. The summed E-state index contributed by atoms with van der Waals surface area (Å²) in [5.41, 5.74) is -0.979. The predicted molar refractivity (Wildman–Crippen MR) is 130 cm³/mol. The third kappa shape index (κ3) is 5.39. The fraction of sp³-hybridized carbons (Fsp3) is 0.727. The molecule has 2 rings (SSSR count). The molecule has 31 heavy (non-hydrogen) atoms. The van der Waals surface area contributed by atoms with Gasteiger partial charge < -0.3 is 13.6 Å². The molecule has 176 valence electrons. The maximum atomic E-state index is 12.6. The molecule has 4 atom stereocenters. The van der Waals surface area contributed by atoms with Crippen molar-refractivity contribution in [1.82, 2.24) is 9.55 Å². The Labute approximate surface area is 188 Å². The first-order valence-corrected chi connectivity index (χ1v) is 16.7. The molecule has 1 saturated heterocycles. The van der Waals surface area contributed by atoms with E-state index in [2.05, 4.69) is 79.3 Å². The van der Waals surface area contributed by atoms with E-state index in [0.717, 1.165) is 0 Å². The third-order valence-corrected chi connectivity index (χ3v) is 16.0. The van der Waals surface area contributed by atoms with E-state index < -0.39 is 52.4 Å². The van der Waals surface area contributed by atoms with Crippen molar-refractivity contribution in [3.8, 4) is 0 Å². The van der Waals surface area contributed by atoms with Gasteiger partial charge in [0.05, 0.1) is 0 Å². The van der Waals surface area contributed by atoms with Crippen LogP contribution in [0.3, 0.4) is 0 Å². The average molecular weight is 469 g/mol. The van der Waals surface area contributed by atoms with Gasteiger partial charge in [-0.1, -0.05) is 47.6 Å². The van der Waals surface area contributed by atoms with Gasteiger partial charge in [-0.15, -0.1) is 6.58 Å². The maximum Gasteiger partial charge on any atom is 0.330 e. The largest absolute Gasteiger partial charge is 0.408 e. The summed E-state index contributed by atoms with van der Waals surface area (Å²) in [6, 6.07) is 1.32. The first-order valence-electron chi connectivity index (χ1n) is 10.9. The molecule has 1 unspecified atom stereocenters. The van der Waals surface area contributed by atoms with E-state index >= 15 is 0 Å². The second-order valence-electron chi connectivity index (χ2n) is 11.4. The van der Waals surface area contributed by atoms with Gasteiger partial charge >= 0.3 is 5.69 Å². The van der Waals surface area contributed by atoms with Crippen molar-refractivity contribution in [2.24, 2.45) is 0 Å². The predicted octanol–water partition coefficient (Wildman–Crippen LogP) is 4.40. The van der Waals surface area contributed by atoms with Crippen molar-refractivity contribution < 1.29 is 13.6 Å².